The highest BCUT2D eigenvalue weighted by Crippen LogP contribution is 2.31. The highest BCUT2D eigenvalue weighted by molar-refractivity contribution is 5.56. The third-order valence-corrected chi connectivity index (χ3v) is 4.40. The van der Waals surface area contributed by atoms with E-state index in [1.165, 1.54) is 42.6 Å². The molecule has 0 saturated carbocycles. The molecule has 0 bridgehead atoms. The molecule has 0 amide bonds. The van der Waals surface area contributed by atoms with Crippen molar-refractivity contribution in [2.45, 2.75) is 65.0 Å². The monoisotopic (exact) mass is 260 g/mol. The Morgan fingerprint density at radius 3 is 2.84 bits per heavy atom. The normalized spacial score (nSPS) is 20.8. The fraction of sp³-hybridized carbons (Fsp3) is 0.647. The fourth-order valence-electron chi connectivity index (χ4n) is 3.16. The first-order valence-corrected chi connectivity index (χ1v) is 7.77. The van der Waals surface area contributed by atoms with Gasteiger partial charge in [-0.1, -0.05) is 31.5 Å². The van der Waals surface area contributed by atoms with Crippen molar-refractivity contribution in [1.82, 2.24) is 0 Å². The van der Waals surface area contributed by atoms with Crippen LogP contribution in [0.25, 0.3) is 0 Å². The van der Waals surface area contributed by atoms with E-state index in [-0.39, 0.29) is 6.04 Å². The molecule has 1 heterocycles. The Kier molecular flexibility index (Phi) is 4.87. The molecular formula is C17H28N2. The minimum absolute atomic E-state index is 0.281. The predicted octanol–water partition coefficient (Wildman–Crippen LogP) is 3.65. The minimum Gasteiger partial charge on any atom is -0.368 e. The predicted molar refractivity (Wildman–Crippen MR) is 83.8 cm³/mol. The van der Waals surface area contributed by atoms with E-state index in [0.717, 1.165) is 18.9 Å². The van der Waals surface area contributed by atoms with Gasteiger partial charge in [-0.05, 0) is 50.7 Å². The first-order valence-electron chi connectivity index (χ1n) is 7.77. The zero-order valence-corrected chi connectivity index (χ0v) is 12.7. The Balaban J connectivity index is 2.28. The maximum absolute atomic E-state index is 6.17. The second-order valence-corrected chi connectivity index (χ2v) is 5.90. The van der Waals surface area contributed by atoms with Crippen molar-refractivity contribution in [3.8, 4) is 0 Å². The Labute approximate surface area is 118 Å². The molecule has 19 heavy (non-hydrogen) atoms. The molecular weight excluding hydrogens is 232 g/mol. The van der Waals surface area contributed by atoms with Crippen LogP contribution in [0.5, 0.6) is 0 Å². The standard InChI is InChI=1S/C17H28N2/c1-4-15(18)12-14-11-13(3)8-9-17(14)19-10-6-7-16(19)5-2/h8-9,11,15-16H,4-7,10,12,18H2,1-3H3. The van der Waals surface area contributed by atoms with E-state index in [0.29, 0.717) is 0 Å². The lowest BCUT2D eigenvalue weighted by molar-refractivity contribution is 0.628. The molecule has 1 aromatic carbocycles. The number of aryl methyl sites for hydroxylation is 1. The minimum atomic E-state index is 0.281. The largest absolute Gasteiger partial charge is 0.368 e. The lowest BCUT2D eigenvalue weighted by Crippen LogP contribution is -2.30. The van der Waals surface area contributed by atoms with Crippen molar-refractivity contribution in [2.24, 2.45) is 5.73 Å². The van der Waals surface area contributed by atoms with E-state index in [9.17, 15) is 0 Å². The second kappa shape index (κ2) is 6.42. The van der Waals surface area contributed by atoms with Crippen LogP contribution in [-0.2, 0) is 6.42 Å². The molecule has 2 heteroatoms. The van der Waals surface area contributed by atoms with Gasteiger partial charge in [0.1, 0.15) is 0 Å². The van der Waals surface area contributed by atoms with Crippen LogP contribution in [0.3, 0.4) is 0 Å². The maximum atomic E-state index is 6.17. The van der Waals surface area contributed by atoms with Crippen molar-refractivity contribution in [3.63, 3.8) is 0 Å². The highest BCUT2D eigenvalue weighted by Gasteiger charge is 2.25. The van der Waals surface area contributed by atoms with Crippen molar-refractivity contribution in [3.05, 3.63) is 29.3 Å². The summed E-state index contributed by atoms with van der Waals surface area (Å²) in [6.07, 6.45) is 5.95. The summed E-state index contributed by atoms with van der Waals surface area (Å²) in [5.41, 5.74) is 10.4. The second-order valence-electron chi connectivity index (χ2n) is 5.90. The average molecular weight is 260 g/mol. The van der Waals surface area contributed by atoms with Crippen LogP contribution in [0.2, 0.25) is 0 Å². The Hall–Kier alpha value is -1.02. The first-order chi connectivity index (χ1) is 9.15. The third kappa shape index (κ3) is 3.30. The van der Waals surface area contributed by atoms with Crippen LogP contribution in [0.15, 0.2) is 18.2 Å². The van der Waals surface area contributed by atoms with Crippen molar-refractivity contribution < 1.29 is 0 Å². The van der Waals surface area contributed by atoms with Gasteiger partial charge in [0.2, 0.25) is 0 Å². The molecule has 1 aliphatic heterocycles. The van der Waals surface area contributed by atoms with E-state index in [1.807, 2.05) is 0 Å². The van der Waals surface area contributed by atoms with Crippen LogP contribution < -0.4 is 10.6 Å². The van der Waals surface area contributed by atoms with Gasteiger partial charge in [-0.25, -0.2) is 0 Å². The van der Waals surface area contributed by atoms with Gasteiger partial charge < -0.3 is 10.6 Å². The van der Waals surface area contributed by atoms with Crippen LogP contribution >= 0.6 is 0 Å². The molecule has 1 fully saturated rings. The molecule has 1 saturated heterocycles. The summed E-state index contributed by atoms with van der Waals surface area (Å²) in [5.74, 6) is 0. The SMILES string of the molecule is CCC(N)Cc1cc(C)ccc1N1CCCC1CC. The van der Waals surface area contributed by atoms with E-state index >= 15 is 0 Å². The number of anilines is 1. The van der Waals surface area contributed by atoms with E-state index in [1.54, 1.807) is 0 Å². The van der Waals surface area contributed by atoms with Gasteiger partial charge in [0.05, 0.1) is 0 Å². The molecule has 2 nitrogen and oxygen atoms in total. The van der Waals surface area contributed by atoms with Crippen molar-refractivity contribution in [2.75, 3.05) is 11.4 Å². The zero-order valence-electron chi connectivity index (χ0n) is 12.7. The fourth-order valence-corrected chi connectivity index (χ4v) is 3.16. The summed E-state index contributed by atoms with van der Waals surface area (Å²) < 4.78 is 0. The first kappa shape index (κ1) is 14.4. The number of benzene rings is 1. The average Bonchev–Trinajstić information content (AvgIpc) is 2.87. The number of hydrogen-bond donors (Lipinski definition) is 1. The number of nitrogens with zero attached hydrogens (tertiary/aromatic N) is 1. The van der Waals surface area contributed by atoms with Gasteiger partial charge in [-0.15, -0.1) is 0 Å². The highest BCUT2D eigenvalue weighted by atomic mass is 15.2. The van der Waals surface area contributed by atoms with Gasteiger partial charge in [-0.2, -0.15) is 0 Å². The van der Waals surface area contributed by atoms with Crippen molar-refractivity contribution >= 4 is 5.69 Å². The lowest BCUT2D eigenvalue weighted by atomic mass is 9.99. The summed E-state index contributed by atoms with van der Waals surface area (Å²) in [4.78, 5) is 2.61. The molecule has 0 aromatic heterocycles. The van der Waals surface area contributed by atoms with E-state index in [2.05, 4.69) is 43.9 Å². The molecule has 2 atom stereocenters. The van der Waals surface area contributed by atoms with E-state index in [4.69, 9.17) is 5.73 Å². The Bertz CT molecular complexity index is 414. The molecule has 106 valence electrons. The van der Waals surface area contributed by atoms with Crippen molar-refractivity contribution in [1.29, 1.82) is 0 Å². The summed E-state index contributed by atoms with van der Waals surface area (Å²) in [6.45, 7) is 7.85. The zero-order chi connectivity index (χ0) is 13.8. The molecule has 1 aliphatic rings. The van der Waals surface area contributed by atoms with E-state index < -0.39 is 0 Å². The van der Waals surface area contributed by atoms with Crippen LogP contribution in [-0.4, -0.2) is 18.6 Å². The van der Waals surface area contributed by atoms with Gasteiger partial charge in [0.25, 0.3) is 0 Å². The summed E-state index contributed by atoms with van der Waals surface area (Å²) in [7, 11) is 0. The molecule has 0 spiro atoms. The third-order valence-electron chi connectivity index (χ3n) is 4.40. The molecule has 0 aliphatic carbocycles. The molecule has 2 rings (SSSR count). The molecule has 0 radical (unpaired) electrons. The quantitative estimate of drug-likeness (QED) is 0.875. The lowest BCUT2D eigenvalue weighted by Gasteiger charge is -2.29. The van der Waals surface area contributed by atoms with Gasteiger partial charge in [0.15, 0.2) is 0 Å². The number of rotatable bonds is 5. The summed E-state index contributed by atoms with van der Waals surface area (Å²) in [5, 5.41) is 0. The van der Waals surface area contributed by atoms with Gasteiger partial charge in [0, 0.05) is 24.3 Å². The van der Waals surface area contributed by atoms with Gasteiger partial charge >= 0.3 is 0 Å². The van der Waals surface area contributed by atoms with Crippen LogP contribution in [0.4, 0.5) is 5.69 Å². The molecule has 2 unspecified atom stereocenters. The number of hydrogen-bond acceptors (Lipinski definition) is 2. The van der Waals surface area contributed by atoms with Crippen LogP contribution in [0.1, 0.15) is 50.7 Å². The van der Waals surface area contributed by atoms with Gasteiger partial charge in [-0.3, -0.25) is 0 Å². The van der Waals surface area contributed by atoms with Crippen LogP contribution in [0, 0.1) is 6.92 Å². The summed E-state index contributed by atoms with van der Waals surface area (Å²) in [6, 6.07) is 7.88. The molecule has 1 aromatic rings. The number of nitrogens with two attached hydrogens (primary N) is 1. The summed E-state index contributed by atoms with van der Waals surface area (Å²) >= 11 is 0. The smallest absolute Gasteiger partial charge is 0.0402 e. The molecule has 2 N–H and O–H groups in total. The Morgan fingerprint density at radius 2 is 2.16 bits per heavy atom. The topological polar surface area (TPSA) is 29.3 Å². The maximum Gasteiger partial charge on any atom is 0.0402 e. The Morgan fingerprint density at radius 1 is 1.37 bits per heavy atom.